The van der Waals surface area contributed by atoms with Gasteiger partial charge >= 0.3 is 0 Å². The largest absolute Gasteiger partial charge is 0.338 e. The Balaban J connectivity index is 1.55. The van der Waals surface area contributed by atoms with Crippen LogP contribution in [0.4, 0.5) is 11.5 Å². The van der Waals surface area contributed by atoms with Crippen molar-refractivity contribution in [2.75, 3.05) is 12.4 Å². The van der Waals surface area contributed by atoms with Crippen LogP contribution < -0.4 is 5.32 Å². The standard InChI is InChI=1S/C23H20N4O/c1-27(16-17-7-3-2-4-8-17)23(28)19-12-14-24-21(15-19)26-20-11-5-9-18-10-6-13-25-22(18)20/h2-15H,16H2,1H3,(H,24,26). The van der Waals surface area contributed by atoms with E-state index in [1.807, 2.05) is 60.7 Å². The van der Waals surface area contributed by atoms with Gasteiger partial charge in [0.05, 0.1) is 11.2 Å². The molecule has 0 aliphatic heterocycles. The van der Waals surface area contributed by atoms with E-state index in [2.05, 4.69) is 15.3 Å². The van der Waals surface area contributed by atoms with E-state index in [0.29, 0.717) is 17.9 Å². The predicted molar refractivity (Wildman–Crippen MR) is 112 cm³/mol. The Hall–Kier alpha value is -3.73. The Labute approximate surface area is 163 Å². The van der Waals surface area contributed by atoms with Crippen molar-refractivity contribution in [2.24, 2.45) is 0 Å². The monoisotopic (exact) mass is 368 g/mol. The Bertz CT molecular complexity index is 1110. The van der Waals surface area contributed by atoms with Crippen molar-refractivity contribution in [3.05, 3.63) is 96.3 Å². The zero-order valence-corrected chi connectivity index (χ0v) is 15.5. The highest BCUT2D eigenvalue weighted by Crippen LogP contribution is 2.24. The summed E-state index contributed by atoms with van der Waals surface area (Å²) in [4.78, 5) is 23.3. The molecule has 0 fully saturated rings. The third-order valence-electron chi connectivity index (χ3n) is 4.51. The van der Waals surface area contributed by atoms with E-state index in [1.54, 1.807) is 36.5 Å². The van der Waals surface area contributed by atoms with Gasteiger partial charge in [-0.15, -0.1) is 0 Å². The SMILES string of the molecule is CN(Cc1ccccc1)C(=O)c1ccnc(Nc2cccc3cccnc23)c1. The zero-order chi connectivity index (χ0) is 19.3. The molecule has 1 amide bonds. The molecule has 1 N–H and O–H groups in total. The molecule has 0 saturated carbocycles. The molecule has 0 aliphatic carbocycles. The molecule has 0 spiro atoms. The lowest BCUT2D eigenvalue weighted by Gasteiger charge is -2.18. The number of rotatable bonds is 5. The fourth-order valence-corrected chi connectivity index (χ4v) is 3.12. The summed E-state index contributed by atoms with van der Waals surface area (Å²) in [6.07, 6.45) is 3.41. The minimum Gasteiger partial charge on any atom is -0.338 e. The molecule has 2 aromatic carbocycles. The maximum absolute atomic E-state index is 12.8. The van der Waals surface area contributed by atoms with Crippen LogP contribution in [0.3, 0.4) is 0 Å². The minimum absolute atomic E-state index is 0.0506. The van der Waals surface area contributed by atoms with Crippen molar-refractivity contribution in [2.45, 2.75) is 6.54 Å². The molecule has 0 saturated heterocycles. The van der Waals surface area contributed by atoms with Crippen LogP contribution >= 0.6 is 0 Å². The van der Waals surface area contributed by atoms with E-state index in [9.17, 15) is 4.79 Å². The number of hydrogen-bond acceptors (Lipinski definition) is 4. The Kier molecular flexibility index (Phi) is 4.97. The summed E-state index contributed by atoms with van der Waals surface area (Å²) in [6, 6.07) is 23.3. The second kappa shape index (κ2) is 7.88. The van der Waals surface area contributed by atoms with Gasteiger partial charge in [0.25, 0.3) is 5.91 Å². The topological polar surface area (TPSA) is 58.1 Å². The number of carbonyl (C=O) groups excluding carboxylic acids is 1. The smallest absolute Gasteiger partial charge is 0.254 e. The number of hydrogen-bond donors (Lipinski definition) is 1. The summed E-state index contributed by atoms with van der Waals surface area (Å²) in [5.74, 6) is 0.558. The van der Waals surface area contributed by atoms with E-state index in [-0.39, 0.29) is 5.91 Å². The summed E-state index contributed by atoms with van der Waals surface area (Å²) in [5.41, 5.74) is 3.40. The van der Waals surface area contributed by atoms with E-state index in [0.717, 1.165) is 22.2 Å². The zero-order valence-electron chi connectivity index (χ0n) is 15.5. The van der Waals surface area contributed by atoms with Gasteiger partial charge in [-0.3, -0.25) is 9.78 Å². The molecular weight excluding hydrogens is 348 g/mol. The number of para-hydroxylation sites is 1. The minimum atomic E-state index is -0.0506. The van der Waals surface area contributed by atoms with E-state index >= 15 is 0 Å². The average molecular weight is 368 g/mol. The van der Waals surface area contributed by atoms with Crippen molar-refractivity contribution >= 4 is 28.3 Å². The molecule has 5 nitrogen and oxygen atoms in total. The number of amides is 1. The van der Waals surface area contributed by atoms with Crippen molar-refractivity contribution in [3.8, 4) is 0 Å². The molecule has 0 unspecified atom stereocenters. The number of nitrogens with one attached hydrogen (secondary N) is 1. The van der Waals surface area contributed by atoms with Gasteiger partial charge in [-0.2, -0.15) is 0 Å². The summed E-state index contributed by atoms with van der Waals surface area (Å²) < 4.78 is 0. The predicted octanol–water partition coefficient (Wildman–Crippen LogP) is 4.65. The first kappa shape index (κ1) is 17.7. The molecular formula is C23H20N4O. The van der Waals surface area contributed by atoms with E-state index in [4.69, 9.17) is 0 Å². The van der Waals surface area contributed by atoms with Crippen molar-refractivity contribution in [1.29, 1.82) is 0 Å². The molecule has 4 aromatic rings. The molecule has 2 aromatic heterocycles. The number of aromatic nitrogens is 2. The molecule has 2 heterocycles. The molecule has 0 bridgehead atoms. The Morgan fingerprint density at radius 2 is 1.75 bits per heavy atom. The van der Waals surface area contributed by atoms with Crippen molar-refractivity contribution < 1.29 is 4.79 Å². The number of anilines is 2. The lowest BCUT2D eigenvalue weighted by molar-refractivity contribution is 0.0785. The molecule has 0 aliphatic rings. The molecule has 28 heavy (non-hydrogen) atoms. The van der Waals surface area contributed by atoms with Gasteiger partial charge in [0.2, 0.25) is 0 Å². The maximum Gasteiger partial charge on any atom is 0.254 e. The van der Waals surface area contributed by atoms with Gasteiger partial charge in [-0.25, -0.2) is 4.98 Å². The fourth-order valence-electron chi connectivity index (χ4n) is 3.12. The first-order chi connectivity index (χ1) is 13.7. The normalized spacial score (nSPS) is 10.6. The molecule has 5 heteroatoms. The number of benzene rings is 2. The number of carbonyl (C=O) groups is 1. The Morgan fingerprint density at radius 3 is 2.61 bits per heavy atom. The van der Waals surface area contributed by atoms with Crippen LogP contribution in [0, 0.1) is 0 Å². The summed E-state index contributed by atoms with van der Waals surface area (Å²) >= 11 is 0. The molecule has 0 atom stereocenters. The first-order valence-corrected chi connectivity index (χ1v) is 9.07. The van der Waals surface area contributed by atoms with Gasteiger partial charge in [0.1, 0.15) is 5.82 Å². The Morgan fingerprint density at radius 1 is 0.929 bits per heavy atom. The molecule has 4 rings (SSSR count). The van der Waals surface area contributed by atoms with Gasteiger partial charge < -0.3 is 10.2 Å². The highest BCUT2D eigenvalue weighted by molar-refractivity contribution is 5.95. The second-order valence-corrected chi connectivity index (χ2v) is 6.58. The van der Waals surface area contributed by atoms with Crippen LogP contribution in [-0.2, 0) is 6.54 Å². The van der Waals surface area contributed by atoms with E-state index < -0.39 is 0 Å². The fraction of sp³-hybridized carbons (Fsp3) is 0.0870. The van der Waals surface area contributed by atoms with Crippen LogP contribution in [0.15, 0.2) is 85.2 Å². The van der Waals surface area contributed by atoms with E-state index in [1.165, 1.54) is 0 Å². The average Bonchev–Trinajstić information content (AvgIpc) is 2.74. The second-order valence-electron chi connectivity index (χ2n) is 6.58. The summed E-state index contributed by atoms with van der Waals surface area (Å²) in [5, 5.41) is 4.33. The third kappa shape index (κ3) is 3.83. The highest BCUT2D eigenvalue weighted by atomic mass is 16.2. The number of fused-ring (bicyclic) bond motifs is 1. The lowest BCUT2D eigenvalue weighted by Crippen LogP contribution is -2.26. The van der Waals surface area contributed by atoms with Crippen LogP contribution in [0.25, 0.3) is 10.9 Å². The quantitative estimate of drug-likeness (QED) is 0.557. The van der Waals surface area contributed by atoms with Gasteiger partial charge in [-0.05, 0) is 29.8 Å². The van der Waals surface area contributed by atoms with Gasteiger partial charge in [0, 0.05) is 36.9 Å². The lowest BCUT2D eigenvalue weighted by atomic mass is 10.1. The summed E-state index contributed by atoms with van der Waals surface area (Å²) in [7, 11) is 1.80. The number of pyridine rings is 2. The van der Waals surface area contributed by atoms with Crippen LogP contribution in [0.5, 0.6) is 0 Å². The third-order valence-corrected chi connectivity index (χ3v) is 4.51. The first-order valence-electron chi connectivity index (χ1n) is 9.07. The molecule has 138 valence electrons. The maximum atomic E-state index is 12.8. The highest BCUT2D eigenvalue weighted by Gasteiger charge is 2.13. The number of nitrogens with zero attached hydrogens (tertiary/aromatic N) is 3. The van der Waals surface area contributed by atoms with Crippen LogP contribution in [0.2, 0.25) is 0 Å². The van der Waals surface area contributed by atoms with Crippen molar-refractivity contribution in [3.63, 3.8) is 0 Å². The van der Waals surface area contributed by atoms with Crippen LogP contribution in [-0.4, -0.2) is 27.8 Å². The van der Waals surface area contributed by atoms with Gasteiger partial charge in [-0.1, -0.05) is 48.5 Å². The van der Waals surface area contributed by atoms with Gasteiger partial charge in [0.15, 0.2) is 0 Å². The molecule has 0 radical (unpaired) electrons. The summed E-state index contributed by atoms with van der Waals surface area (Å²) in [6.45, 7) is 0.554. The van der Waals surface area contributed by atoms with Crippen LogP contribution in [0.1, 0.15) is 15.9 Å². The van der Waals surface area contributed by atoms with Crippen molar-refractivity contribution in [1.82, 2.24) is 14.9 Å².